The van der Waals surface area contributed by atoms with E-state index in [1.807, 2.05) is 6.92 Å². The van der Waals surface area contributed by atoms with Gasteiger partial charge in [0.15, 0.2) is 0 Å². The first-order valence-corrected chi connectivity index (χ1v) is 15.6. The normalized spacial score (nSPS) is 24.2. The topological polar surface area (TPSA) is 175 Å². The predicted octanol–water partition coefficient (Wildman–Crippen LogP) is 2.95. The molecule has 1 aromatic carbocycles. The van der Waals surface area contributed by atoms with E-state index in [9.17, 15) is 34.4 Å². The van der Waals surface area contributed by atoms with Crippen LogP contribution in [0.15, 0.2) is 60.2 Å². The number of esters is 2. The summed E-state index contributed by atoms with van der Waals surface area (Å²) in [7, 11) is 0. The fourth-order valence-corrected chi connectivity index (χ4v) is 7.37. The Hall–Kier alpha value is -4.21. The summed E-state index contributed by atoms with van der Waals surface area (Å²) in [5.41, 5.74) is 0.590. The molecule has 6 atom stereocenters. The Labute approximate surface area is 270 Å². The highest BCUT2D eigenvalue weighted by Gasteiger charge is 2.60. The minimum atomic E-state index is -0.904. The molecule has 15 heteroatoms. The highest BCUT2D eigenvalue weighted by atomic mass is 32.2. The molecule has 2 saturated heterocycles. The lowest BCUT2D eigenvalue weighted by molar-refractivity contribution is -0.384. The lowest BCUT2D eigenvalue weighted by Gasteiger charge is -2.46. The highest BCUT2D eigenvalue weighted by molar-refractivity contribution is 8.03. The van der Waals surface area contributed by atoms with Crippen molar-refractivity contribution in [1.82, 2.24) is 9.80 Å². The van der Waals surface area contributed by atoms with Gasteiger partial charge in [-0.05, 0) is 31.0 Å². The third-order valence-corrected chi connectivity index (χ3v) is 9.43. The van der Waals surface area contributed by atoms with E-state index in [0.29, 0.717) is 16.9 Å². The molecule has 0 spiro atoms. The predicted molar refractivity (Wildman–Crippen MR) is 165 cm³/mol. The van der Waals surface area contributed by atoms with E-state index in [-0.39, 0.29) is 68.0 Å². The summed E-state index contributed by atoms with van der Waals surface area (Å²) >= 11 is 1.36. The van der Waals surface area contributed by atoms with Crippen LogP contribution in [0.25, 0.3) is 0 Å². The lowest BCUT2D eigenvalue weighted by Crippen LogP contribution is -2.63. The molecule has 248 valence electrons. The maximum Gasteiger partial charge on any atom is 0.410 e. The number of aliphatic hydroxyl groups is 1. The third kappa shape index (κ3) is 7.59. The highest BCUT2D eigenvalue weighted by Crippen LogP contribution is 2.52. The molecule has 1 N–H and O–H groups in total. The van der Waals surface area contributed by atoms with Crippen LogP contribution in [0.2, 0.25) is 0 Å². The first-order valence-electron chi connectivity index (χ1n) is 14.7. The first kappa shape index (κ1) is 34.7. The quantitative estimate of drug-likeness (QED) is 0.0729. The summed E-state index contributed by atoms with van der Waals surface area (Å²) in [6.07, 6.45) is 1.70. The summed E-state index contributed by atoms with van der Waals surface area (Å²) in [6.45, 7) is 10.2. The van der Waals surface area contributed by atoms with Crippen molar-refractivity contribution < 1.29 is 48.2 Å². The van der Waals surface area contributed by atoms with Crippen molar-refractivity contribution in [3.8, 4) is 0 Å². The Morgan fingerprint density at radius 3 is 2.46 bits per heavy atom. The Bertz CT molecular complexity index is 1400. The van der Waals surface area contributed by atoms with Crippen LogP contribution in [0.4, 0.5) is 10.5 Å². The largest absolute Gasteiger partial charge is 0.460 e. The van der Waals surface area contributed by atoms with E-state index in [1.165, 1.54) is 58.0 Å². The zero-order valence-corrected chi connectivity index (χ0v) is 26.4. The van der Waals surface area contributed by atoms with Gasteiger partial charge in [-0.25, -0.2) is 14.4 Å². The summed E-state index contributed by atoms with van der Waals surface area (Å²) in [6, 6.07) is 4.71. The van der Waals surface area contributed by atoms with E-state index in [2.05, 4.69) is 13.2 Å². The minimum absolute atomic E-state index is 0.00689. The summed E-state index contributed by atoms with van der Waals surface area (Å²) < 4.78 is 21.4. The number of hydrogen-bond donors (Lipinski definition) is 1. The molecule has 0 aromatic heterocycles. The number of nitro groups is 1. The van der Waals surface area contributed by atoms with Crippen LogP contribution in [0.3, 0.4) is 0 Å². The van der Waals surface area contributed by atoms with Gasteiger partial charge >= 0.3 is 18.0 Å². The molecule has 1 aromatic rings. The number of likely N-dealkylation sites (tertiary alicyclic amines) is 1. The van der Waals surface area contributed by atoms with Crippen LogP contribution in [0.5, 0.6) is 0 Å². The third-order valence-electron chi connectivity index (χ3n) is 7.94. The number of fused-ring (bicyclic) bond motifs is 1. The van der Waals surface area contributed by atoms with E-state index >= 15 is 0 Å². The van der Waals surface area contributed by atoms with Gasteiger partial charge in [-0.15, -0.1) is 11.8 Å². The molecule has 46 heavy (non-hydrogen) atoms. The molecule has 0 saturated carbocycles. The average molecular weight is 660 g/mol. The van der Waals surface area contributed by atoms with Gasteiger partial charge < -0.3 is 33.9 Å². The number of hydrogen-bond acceptors (Lipinski definition) is 12. The molecule has 0 unspecified atom stereocenters. The minimum Gasteiger partial charge on any atom is -0.460 e. The number of rotatable bonds is 15. The number of ether oxygens (including phenoxy) is 4. The van der Waals surface area contributed by atoms with E-state index in [4.69, 9.17) is 18.9 Å². The van der Waals surface area contributed by atoms with E-state index in [1.54, 1.807) is 6.92 Å². The fraction of sp³-hybridized carbons (Fsp3) is 0.484. The standard InChI is InChI=1S/C31H37N3O11S/c1-5-11-43-24(36)17-42-16-22-13-23(14-32(22)31(39)45-15-20-7-9-21(10-8-20)34(40)41)46-28-18(3)26-25(19(4)35)29(37)33(26)27(28)30(38)44-12-6-2/h5-10,18-19,22-23,25-26,35H,1-2,11-17H2,3-4H3/t18-,19-,22+,23+,25-,26-/m1/s1. The van der Waals surface area contributed by atoms with Crippen molar-refractivity contribution in [2.75, 3.05) is 33.0 Å². The Morgan fingerprint density at radius 1 is 1.15 bits per heavy atom. The number of nitro benzene ring substituents is 1. The van der Waals surface area contributed by atoms with Gasteiger partial charge in [-0.3, -0.25) is 14.9 Å². The van der Waals surface area contributed by atoms with E-state index in [0.717, 1.165) is 0 Å². The fourth-order valence-electron chi connectivity index (χ4n) is 5.81. The molecule has 3 heterocycles. The van der Waals surface area contributed by atoms with Crippen molar-refractivity contribution in [1.29, 1.82) is 0 Å². The average Bonchev–Trinajstić information content (AvgIpc) is 3.53. The van der Waals surface area contributed by atoms with Crippen LogP contribution in [-0.4, -0.2) is 100 Å². The summed E-state index contributed by atoms with van der Waals surface area (Å²) in [5.74, 6) is -2.57. The maximum atomic E-state index is 13.3. The number of nitrogens with zero attached hydrogens (tertiary/aromatic N) is 3. The number of aliphatic hydroxyl groups excluding tert-OH is 1. The smallest absolute Gasteiger partial charge is 0.410 e. The Kier molecular flexibility index (Phi) is 11.6. The monoisotopic (exact) mass is 659 g/mol. The van der Waals surface area contributed by atoms with Crippen molar-refractivity contribution in [3.05, 3.63) is 75.9 Å². The lowest BCUT2D eigenvalue weighted by atomic mass is 9.79. The first-order chi connectivity index (χ1) is 22.0. The molecular weight excluding hydrogens is 622 g/mol. The SMILES string of the molecule is C=CCOC(=O)COC[C@@H]1C[C@H](SC2=C(C(=O)OCC=C)N3C(=O)[C@H]([C@@H](C)O)[C@H]3[C@H]2C)CN1C(=O)OCc1ccc([N+](=O)[O-])cc1. The molecule has 3 aliphatic rings. The Balaban J connectivity index is 1.51. The second-order valence-electron chi connectivity index (χ2n) is 11.1. The molecule has 0 radical (unpaired) electrons. The van der Waals surface area contributed by atoms with Crippen LogP contribution in [0.1, 0.15) is 25.8 Å². The van der Waals surface area contributed by atoms with Gasteiger partial charge in [0.25, 0.3) is 5.69 Å². The van der Waals surface area contributed by atoms with Crippen LogP contribution in [0, 0.1) is 22.0 Å². The van der Waals surface area contributed by atoms with Crippen LogP contribution < -0.4 is 0 Å². The van der Waals surface area contributed by atoms with Gasteiger partial charge in [0.2, 0.25) is 5.91 Å². The molecular formula is C31H37N3O11S. The molecule has 2 fully saturated rings. The van der Waals surface area contributed by atoms with Crippen molar-refractivity contribution in [3.63, 3.8) is 0 Å². The number of carbonyl (C=O) groups is 4. The summed E-state index contributed by atoms with van der Waals surface area (Å²) in [5, 5.41) is 21.0. The second-order valence-corrected chi connectivity index (χ2v) is 12.4. The molecule has 0 aliphatic carbocycles. The summed E-state index contributed by atoms with van der Waals surface area (Å²) in [4.78, 5) is 65.3. The molecule has 2 amide bonds. The second kappa shape index (κ2) is 15.4. The van der Waals surface area contributed by atoms with Crippen molar-refractivity contribution >= 4 is 41.4 Å². The number of non-ortho nitro benzene ring substituents is 1. The van der Waals surface area contributed by atoms with Gasteiger partial charge in [-0.2, -0.15) is 0 Å². The number of carbonyl (C=O) groups excluding carboxylic acids is 4. The zero-order valence-electron chi connectivity index (χ0n) is 25.6. The maximum absolute atomic E-state index is 13.3. The van der Waals surface area contributed by atoms with Gasteiger partial charge in [0, 0.05) is 34.8 Å². The van der Waals surface area contributed by atoms with Crippen molar-refractivity contribution in [2.24, 2.45) is 11.8 Å². The number of β-lactam (4-membered cyclic amide) rings is 1. The molecule has 0 bridgehead atoms. The van der Waals surface area contributed by atoms with Crippen LogP contribution >= 0.6 is 11.8 Å². The van der Waals surface area contributed by atoms with Gasteiger partial charge in [0.1, 0.15) is 32.1 Å². The number of amides is 2. The van der Waals surface area contributed by atoms with Gasteiger partial charge in [0.05, 0.1) is 35.6 Å². The molecule has 3 aliphatic heterocycles. The molecule has 4 rings (SSSR count). The van der Waals surface area contributed by atoms with Crippen molar-refractivity contribution in [2.45, 2.75) is 50.3 Å². The Morgan fingerprint density at radius 2 is 1.83 bits per heavy atom. The zero-order chi connectivity index (χ0) is 33.5. The van der Waals surface area contributed by atoms with E-state index < -0.39 is 47.1 Å². The van der Waals surface area contributed by atoms with Crippen LogP contribution in [-0.2, 0) is 39.9 Å². The van der Waals surface area contributed by atoms with Gasteiger partial charge in [-0.1, -0.05) is 32.2 Å². The number of benzene rings is 1. The molecule has 14 nitrogen and oxygen atoms in total. The number of thioether (sulfide) groups is 1.